The SMILES string of the molecule is CCn1cc([Se])nn1. The van der Waals surface area contributed by atoms with E-state index in [0.717, 1.165) is 11.1 Å². The molecule has 0 bridgehead atoms. The van der Waals surface area contributed by atoms with E-state index in [2.05, 4.69) is 26.3 Å². The zero-order valence-electron chi connectivity index (χ0n) is 4.53. The van der Waals surface area contributed by atoms with Gasteiger partial charge in [0.15, 0.2) is 0 Å². The second-order valence-corrected chi connectivity index (χ2v) is 2.29. The van der Waals surface area contributed by atoms with Crippen LogP contribution in [0.5, 0.6) is 0 Å². The molecule has 8 heavy (non-hydrogen) atoms. The van der Waals surface area contributed by atoms with Gasteiger partial charge in [0, 0.05) is 0 Å². The molecule has 1 heterocycles. The predicted octanol–water partition coefficient (Wildman–Crippen LogP) is -0.908. The molecule has 1 aromatic heterocycles. The van der Waals surface area contributed by atoms with E-state index in [1.807, 2.05) is 13.1 Å². The Kier molecular flexibility index (Phi) is 1.65. The van der Waals surface area contributed by atoms with Crippen molar-refractivity contribution in [3.8, 4) is 0 Å². The Labute approximate surface area is 55.9 Å². The van der Waals surface area contributed by atoms with Crippen molar-refractivity contribution in [2.24, 2.45) is 0 Å². The molecule has 0 fully saturated rings. The summed E-state index contributed by atoms with van der Waals surface area (Å²) in [6, 6.07) is 0. The summed E-state index contributed by atoms with van der Waals surface area (Å²) in [5.74, 6) is 0. The van der Waals surface area contributed by atoms with Gasteiger partial charge in [-0.15, -0.1) is 0 Å². The van der Waals surface area contributed by atoms with E-state index in [-0.39, 0.29) is 0 Å². The number of aromatic nitrogens is 3. The van der Waals surface area contributed by atoms with Crippen LogP contribution in [0.1, 0.15) is 6.92 Å². The van der Waals surface area contributed by atoms with Crippen molar-refractivity contribution in [3.63, 3.8) is 0 Å². The van der Waals surface area contributed by atoms with Gasteiger partial charge >= 0.3 is 55.3 Å². The van der Waals surface area contributed by atoms with Crippen LogP contribution in [0.4, 0.5) is 0 Å². The molecule has 1 aromatic rings. The standard InChI is InChI=1S/C4H6N3Se/c1-2-7-3-4(8)5-6-7/h3H,2H2,1H3. The zero-order chi connectivity index (χ0) is 5.98. The molecule has 43 valence electrons. The third-order valence-corrected chi connectivity index (χ3v) is 1.23. The molecular formula is C4H6N3Se. The summed E-state index contributed by atoms with van der Waals surface area (Å²) in [7, 11) is 0. The molecule has 1 rings (SSSR count). The van der Waals surface area contributed by atoms with Gasteiger partial charge in [-0.3, -0.25) is 0 Å². The Morgan fingerprint density at radius 2 is 2.62 bits per heavy atom. The van der Waals surface area contributed by atoms with Gasteiger partial charge in [0.1, 0.15) is 0 Å². The van der Waals surface area contributed by atoms with Crippen LogP contribution in [0.2, 0.25) is 0 Å². The molecule has 0 unspecified atom stereocenters. The topological polar surface area (TPSA) is 30.7 Å². The van der Waals surface area contributed by atoms with E-state index >= 15 is 0 Å². The summed E-state index contributed by atoms with van der Waals surface area (Å²) in [6.45, 7) is 2.91. The van der Waals surface area contributed by atoms with E-state index in [9.17, 15) is 0 Å². The van der Waals surface area contributed by atoms with Crippen LogP contribution in [0.25, 0.3) is 0 Å². The normalized spacial score (nSPS) is 9.62. The van der Waals surface area contributed by atoms with E-state index in [1.165, 1.54) is 0 Å². The Morgan fingerprint density at radius 1 is 1.88 bits per heavy atom. The van der Waals surface area contributed by atoms with Crippen molar-refractivity contribution in [3.05, 3.63) is 6.20 Å². The Morgan fingerprint density at radius 3 is 2.88 bits per heavy atom. The summed E-state index contributed by atoms with van der Waals surface area (Å²) >= 11 is 2.76. The van der Waals surface area contributed by atoms with Gasteiger partial charge in [-0.2, -0.15) is 0 Å². The molecule has 0 N–H and O–H groups in total. The molecule has 0 aliphatic carbocycles. The van der Waals surface area contributed by atoms with E-state index in [1.54, 1.807) is 4.68 Å². The molecule has 0 aliphatic heterocycles. The van der Waals surface area contributed by atoms with Crippen molar-refractivity contribution in [2.75, 3.05) is 0 Å². The van der Waals surface area contributed by atoms with Crippen molar-refractivity contribution in [1.82, 2.24) is 15.0 Å². The minimum absolute atomic E-state index is 0.854. The first-order chi connectivity index (χ1) is 3.83. The summed E-state index contributed by atoms with van der Waals surface area (Å²) < 4.78 is 2.62. The van der Waals surface area contributed by atoms with Crippen LogP contribution >= 0.6 is 0 Å². The molecule has 0 spiro atoms. The van der Waals surface area contributed by atoms with Gasteiger partial charge in [-0.25, -0.2) is 0 Å². The minimum atomic E-state index is 0.854. The second kappa shape index (κ2) is 2.29. The Hall–Kier alpha value is -0.341. The van der Waals surface area contributed by atoms with Crippen molar-refractivity contribution in [1.29, 1.82) is 0 Å². The average Bonchev–Trinajstić information content (AvgIpc) is 2.14. The maximum absolute atomic E-state index is 3.77. The summed E-state index contributed by atoms with van der Waals surface area (Å²) in [4.78, 5) is 0. The predicted molar refractivity (Wildman–Crippen MR) is 31.1 cm³/mol. The van der Waals surface area contributed by atoms with Crippen LogP contribution in [-0.2, 0) is 6.54 Å². The third-order valence-electron chi connectivity index (χ3n) is 0.842. The number of hydrogen-bond donors (Lipinski definition) is 0. The summed E-state index contributed by atoms with van der Waals surface area (Å²) in [5, 5.41) is 7.51. The molecule has 4 heteroatoms. The van der Waals surface area contributed by atoms with Crippen molar-refractivity contribution < 1.29 is 0 Å². The molecular weight excluding hydrogens is 169 g/mol. The molecule has 0 aromatic carbocycles. The fourth-order valence-corrected chi connectivity index (χ4v) is 0.767. The first kappa shape index (κ1) is 5.79. The fraction of sp³-hybridized carbons (Fsp3) is 0.500. The first-order valence-corrected chi connectivity index (χ1v) is 3.25. The van der Waals surface area contributed by atoms with Gasteiger partial charge in [0.2, 0.25) is 0 Å². The van der Waals surface area contributed by atoms with Gasteiger partial charge in [-0.05, 0) is 0 Å². The van der Waals surface area contributed by atoms with Gasteiger partial charge < -0.3 is 0 Å². The van der Waals surface area contributed by atoms with Gasteiger partial charge in [0.25, 0.3) is 0 Å². The number of aryl methyl sites for hydroxylation is 1. The number of rotatable bonds is 1. The van der Waals surface area contributed by atoms with Gasteiger partial charge in [-0.1, -0.05) is 0 Å². The van der Waals surface area contributed by atoms with Crippen LogP contribution in [-0.4, -0.2) is 31.0 Å². The average molecular weight is 175 g/mol. The van der Waals surface area contributed by atoms with Crippen LogP contribution < -0.4 is 4.59 Å². The first-order valence-electron chi connectivity index (χ1n) is 2.40. The molecule has 0 saturated carbocycles. The summed E-state index contributed by atoms with van der Waals surface area (Å²) in [5.41, 5.74) is 0. The van der Waals surface area contributed by atoms with Crippen LogP contribution in [0.15, 0.2) is 6.20 Å². The maximum atomic E-state index is 3.77. The van der Waals surface area contributed by atoms with E-state index in [0.29, 0.717) is 0 Å². The molecule has 0 amide bonds. The van der Waals surface area contributed by atoms with Crippen LogP contribution in [0.3, 0.4) is 0 Å². The van der Waals surface area contributed by atoms with Crippen molar-refractivity contribution in [2.45, 2.75) is 13.5 Å². The third kappa shape index (κ3) is 1.08. The van der Waals surface area contributed by atoms with Crippen LogP contribution in [0, 0.1) is 0 Å². The quantitative estimate of drug-likeness (QED) is 0.517. The van der Waals surface area contributed by atoms with E-state index < -0.39 is 0 Å². The monoisotopic (exact) mass is 176 g/mol. The molecule has 3 nitrogen and oxygen atoms in total. The van der Waals surface area contributed by atoms with Crippen molar-refractivity contribution >= 4 is 20.6 Å². The number of hydrogen-bond acceptors (Lipinski definition) is 2. The molecule has 0 aliphatic rings. The fourth-order valence-electron chi connectivity index (χ4n) is 0.435. The zero-order valence-corrected chi connectivity index (χ0v) is 6.25. The number of nitrogens with zero attached hydrogens (tertiary/aromatic N) is 3. The second-order valence-electron chi connectivity index (χ2n) is 1.41. The summed E-state index contributed by atoms with van der Waals surface area (Å²) in [6.07, 6.45) is 1.86. The Balaban J connectivity index is 2.84. The van der Waals surface area contributed by atoms with E-state index in [4.69, 9.17) is 0 Å². The Bertz CT molecular complexity index is 172. The molecule has 0 saturated heterocycles. The van der Waals surface area contributed by atoms with Gasteiger partial charge in [0.05, 0.1) is 0 Å². The molecule has 1 radical (unpaired) electrons. The molecule has 0 atom stereocenters.